The standard InChI is InChI=1S/C24H28O2/c1-2-6-21(7-3-1)26-22-8-4-5-20(15-22)17-25-24-13-11-23(18-24,12-14-24)16-19-9-10-19/h1-8,15,19H,9-14,16-18H2. The molecule has 0 spiro atoms. The zero-order chi connectivity index (χ0) is 17.5. The summed E-state index contributed by atoms with van der Waals surface area (Å²) in [5, 5.41) is 0. The first kappa shape index (κ1) is 16.4. The van der Waals surface area contributed by atoms with Gasteiger partial charge in [0.1, 0.15) is 11.5 Å². The van der Waals surface area contributed by atoms with Gasteiger partial charge in [-0.25, -0.2) is 0 Å². The van der Waals surface area contributed by atoms with Gasteiger partial charge < -0.3 is 9.47 Å². The van der Waals surface area contributed by atoms with E-state index in [2.05, 4.69) is 18.2 Å². The molecule has 0 heterocycles. The number of rotatable bonds is 7. The Labute approximate surface area is 156 Å². The third kappa shape index (κ3) is 3.40. The Bertz CT molecular complexity index is 755. The SMILES string of the molecule is c1ccc(Oc2cccc(COC34CCC(CC5CC5)(CC3)C4)c2)cc1. The van der Waals surface area contributed by atoms with E-state index in [0.29, 0.717) is 12.0 Å². The summed E-state index contributed by atoms with van der Waals surface area (Å²) < 4.78 is 12.5. The highest BCUT2D eigenvalue weighted by atomic mass is 16.5. The molecule has 5 rings (SSSR count). The number of benzene rings is 2. The normalized spacial score (nSPS) is 29.8. The van der Waals surface area contributed by atoms with E-state index in [9.17, 15) is 0 Å². The lowest BCUT2D eigenvalue weighted by Gasteiger charge is -2.28. The van der Waals surface area contributed by atoms with Gasteiger partial charge in [-0.05, 0) is 79.7 Å². The first-order chi connectivity index (χ1) is 12.7. The van der Waals surface area contributed by atoms with Crippen LogP contribution in [0, 0.1) is 11.3 Å². The molecule has 0 aromatic heterocycles. The van der Waals surface area contributed by atoms with Crippen LogP contribution in [0.4, 0.5) is 0 Å². The number of hydrogen-bond acceptors (Lipinski definition) is 2. The third-order valence-corrected chi connectivity index (χ3v) is 6.76. The van der Waals surface area contributed by atoms with Gasteiger partial charge in [0.2, 0.25) is 0 Å². The van der Waals surface area contributed by atoms with Crippen molar-refractivity contribution in [3.63, 3.8) is 0 Å². The third-order valence-electron chi connectivity index (χ3n) is 6.76. The maximum Gasteiger partial charge on any atom is 0.127 e. The monoisotopic (exact) mass is 348 g/mol. The first-order valence-electron chi connectivity index (χ1n) is 10.2. The van der Waals surface area contributed by atoms with Gasteiger partial charge in [0.15, 0.2) is 0 Å². The molecule has 0 atom stereocenters. The molecule has 26 heavy (non-hydrogen) atoms. The Kier molecular flexibility index (Phi) is 4.04. The minimum atomic E-state index is 0.158. The van der Waals surface area contributed by atoms with Crippen molar-refractivity contribution in [1.29, 1.82) is 0 Å². The van der Waals surface area contributed by atoms with E-state index >= 15 is 0 Å². The van der Waals surface area contributed by atoms with Crippen LogP contribution in [0.2, 0.25) is 0 Å². The van der Waals surface area contributed by atoms with Crippen LogP contribution in [-0.4, -0.2) is 5.60 Å². The van der Waals surface area contributed by atoms with Crippen molar-refractivity contribution in [2.75, 3.05) is 0 Å². The molecule has 3 saturated carbocycles. The van der Waals surface area contributed by atoms with E-state index in [-0.39, 0.29) is 5.60 Å². The maximum atomic E-state index is 6.54. The zero-order valence-electron chi connectivity index (χ0n) is 15.5. The summed E-state index contributed by atoms with van der Waals surface area (Å²) in [6.07, 6.45) is 11.0. The molecule has 0 saturated heterocycles. The molecule has 2 bridgehead atoms. The largest absolute Gasteiger partial charge is 0.457 e. The van der Waals surface area contributed by atoms with Crippen molar-refractivity contribution in [2.24, 2.45) is 11.3 Å². The molecule has 136 valence electrons. The van der Waals surface area contributed by atoms with Crippen LogP contribution < -0.4 is 4.74 Å². The van der Waals surface area contributed by atoms with Crippen molar-refractivity contribution in [3.8, 4) is 11.5 Å². The minimum Gasteiger partial charge on any atom is -0.457 e. The lowest BCUT2D eigenvalue weighted by Crippen LogP contribution is -2.26. The van der Waals surface area contributed by atoms with Gasteiger partial charge in [0.05, 0.1) is 12.2 Å². The number of ether oxygens (including phenoxy) is 2. The fourth-order valence-electron chi connectivity index (χ4n) is 5.24. The molecule has 0 radical (unpaired) electrons. The van der Waals surface area contributed by atoms with E-state index in [0.717, 1.165) is 17.4 Å². The molecule has 0 N–H and O–H groups in total. The van der Waals surface area contributed by atoms with E-state index in [1.807, 2.05) is 36.4 Å². The highest BCUT2D eigenvalue weighted by Gasteiger charge is 2.55. The molecule has 0 amide bonds. The van der Waals surface area contributed by atoms with E-state index in [1.54, 1.807) is 0 Å². The highest BCUT2D eigenvalue weighted by Crippen LogP contribution is 2.62. The molecule has 3 aliphatic carbocycles. The summed E-state index contributed by atoms with van der Waals surface area (Å²) in [6, 6.07) is 18.3. The topological polar surface area (TPSA) is 18.5 Å². The molecule has 0 unspecified atom stereocenters. The van der Waals surface area contributed by atoms with Crippen molar-refractivity contribution < 1.29 is 9.47 Å². The van der Waals surface area contributed by atoms with Crippen LogP contribution in [0.15, 0.2) is 54.6 Å². The minimum absolute atomic E-state index is 0.158. The predicted octanol–water partition coefficient (Wildman–Crippen LogP) is 6.50. The van der Waals surface area contributed by atoms with Crippen molar-refractivity contribution in [1.82, 2.24) is 0 Å². The Morgan fingerprint density at radius 1 is 0.846 bits per heavy atom. The second kappa shape index (κ2) is 6.42. The molecular formula is C24H28O2. The van der Waals surface area contributed by atoms with Crippen LogP contribution in [0.25, 0.3) is 0 Å². The Morgan fingerprint density at radius 3 is 2.38 bits per heavy atom. The quantitative estimate of drug-likeness (QED) is 0.568. The number of para-hydroxylation sites is 1. The van der Waals surface area contributed by atoms with Gasteiger partial charge in [-0.15, -0.1) is 0 Å². The van der Waals surface area contributed by atoms with Gasteiger partial charge >= 0.3 is 0 Å². The highest BCUT2D eigenvalue weighted by molar-refractivity contribution is 5.33. The molecule has 2 aromatic rings. The van der Waals surface area contributed by atoms with Gasteiger partial charge in [-0.2, -0.15) is 0 Å². The van der Waals surface area contributed by atoms with Crippen molar-refractivity contribution in [2.45, 2.75) is 63.6 Å². The Balaban J connectivity index is 1.21. The lowest BCUT2D eigenvalue weighted by atomic mass is 9.79. The summed E-state index contributed by atoms with van der Waals surface area (Å²) in [4.78, 5) is 0. The van der Waals surface area contributed by atoms with Gasteiger partial charge in [0, 0.05) is 0 Å². The van der Waals surface area contributed by atoms with E-state index in [4.69, 9.17) is 9.47 Å². The lowest BCUT2D eigenvalue weighted by molar-refractivity contribution is -0.0486. The second-order valence-electron chi connectivity index (χ2n) is 8.86. The average Bonchev–Trinajstić information content (AvgIpc) is 3.30. The van der Waals surface area contributed by atoms with Crippen molar-refractivity contribution in [3.05, 3.63) is 60.2 Å². The van der Waals surface area contributed by atoms with E-state index < -0.39 is 0 Å². The Morgan fingerprint density at radius 2 is 1.62 bits per heavy atom. The predicted molar refractivity (Wildman–Crippen MR) is 103 cm³/mol. The van der Waals surface area contributed by atoms with Crippen LogP contribution in [0.5, 0.6) is 11.5 Å². The number of fused-ring (bicyclic) bond motifs is 2. The summed E-state index contributed by atoms with van der Waals surface area (Å²) in [5.41, 5.74) is 1.99. The molecule has 3 aliphatic rings. The van der Waals surface area contributed by atoms with E-state index in [1.165, 1.54) is 56.9 Å². The summed E-state index contributed by atoms with van der Waals surface area (Å²) in [6.45, 7) is 0.700. The van der Waals surface area contributed by atoms with Crippen molar-refractivity contribution >= 4 is 0 Å². The number of hydrogen-bond donors (Lipinski definition) is 0. The summed E-state index contributed by atoms with van der Waals surface area (Å²) in [5.74, 6) is 2.80. The summed E-state index contributed by atoms with van der Waals surface area (Å²) in [7, 11) is 0. The molecule has 2 heteroatoms. The maximum absolute atomic E-state index is 6.54. The van der Waals surface area contributed by atoms with Crippen LogP contribution in [-0.2, 0) is 11.3 Å². The average molecular weight is 348 g/mol. The molecule has 0 aliphatic heterocycles. The second-order valence-corrected chi connectivity index (χ2v) is 8.86. The fourth-order valence-corrected chi connectivity index (χ4v) is 5.24. The molecule has 2 nitrogen and oxygen atoms in total. The van der Waals surface area contributed by atoms with Crippen LogP contribution >= 0.6 is 0 Å². The zero-order valence-corrected chi connectivity index (χ0v) is 15.5. The van der Waals surface area contributed by atoms with Crippen LogP contribution in [0.1, 0.15) is 56.9 Å². The fraction of sp³-hybridized carbons (Fsp3) is 0.500. The molecule has 2 aromatic carbocycles. The smallest absolute Gasteiger partial charge is 0.127 e. The summed E-state index contributed by atoms with van der Waals surface area (Å²) >= 11 is 0. The van der Waals surface area contributed by atoms with Crippen LogP contribution in [0.3, 0.4) is 0 Å². The van der Waals surface area contributed by atoms with Gasteiger partial charge in [0.25, 0.3) is 0 Å². The first-order valence-corrected chi connectivity index (χ1v) is 10.2. The Hall–Kier alpha value is -1.80. The van der Waals surface area contributed by atoms with Gasteiger partial charge in [-0.3, -0.25) is 0 Å². The molecular weight excluding hydrogens is 320 g/mol. The molecule has 3 fully saturated rings. The van der Waals surface area contributed by atoms with Gasteiger partial charge in [-0.1, -0.05) is 43.2 Å².